The fourth-order valence-corrected chi connectivity index (χ4v) is 3.01. The Balaban J connectivity index is 2.15. The first kappa shape index (κ1) is 13.4. The lowest BCUT2D eigenvalue weighted by Crippen LogP contribution is -2.45. The molecular formula is C13H12BrClN2O. The Morgan fingerprint density at radius 2 is 2.28 bits per heavy atom. The highest BCUT2D eigenvalue weighted by Crippen LogP contribution is 2.45. The van der Waals surface area contributed by atoms with E-state index in [1.54, 1.807) is 18.2 Å². The van der Waals surface area contributed by atoms with Crippen LogP contribution in [0.15, 0.2) is 22.7 Å². The fourth-order valence-electron chi connectivity index (χ4n) is 2.29. The standard InChI is InChI=1S/C13H12BrClN2O/c1-8-5-13(6-8,7-16)12(18)17-11-3-2-9(14)4-10(11)15/h2-4,8H,5-6H2,1H3,(H,17,18). The van der Waals surface area contributed by atoms with E-state index in [1.807, 2.05) is 6.92 Å². The molecule has 1 N–H and O–H groups in total. The Labute approximate surface area is 119 Å². The number of nitrogens with zero attached hydrogens (tertiary/aromatic N) is 1. The molecule has 1 saturated carbocycles. The highest BCUT2D eigenvalue weighted by atomic mass is 79.9. The average molecular weight is 328 g/mol. The summed E-state index contributed by atoms with van der Waals surface area (Å²) in [5.41, 5.74) is -0.338. The third-order valence-corrected chi connectivity index (χ3v) is 4.03. The number of hydrogen-bond donors (Lipinski definition) is 1. The van der Waals surface area contributed by atoms with Gasteiger partial charge >= 0.3 is 0 Å². The predicted molar refractivity (Wildman–Crippen MR) is 74.2 cm³/mol. The molecule has 0 bridgehead atoms. The van der Waals surface area contributed by atoms with Crippen molar-refractivity contribution in [1.29, 1.82) is 5.26 Å². The summed E-state index contributed by atoms with van der Waals surface area (Å²) in [5.74, 6) is 0.170. The van der Waals surface area contributed by atoms with Gasteiger partial charge in [0.1, 0.15) is 5.41 Å². The molecule has 1 aliphatic rings. The van der Waals surface area contributed by atoms with E-state index >= 15 is 0 Å². The number of nitrogens with one attached hydrogen (secondary N) is 1. The molecule has 1 amide bonds. The SMILES string of the molecule is CC1CC(C#N)(C(=O)Nc2ccc(Br)cc2Cl)C1. The van der Waals surface area contributed by atoms with Crippen LogP contribution in [0.25, 0.3) is 0 Å². The van der Waals surface area contributed by atoms with Crippen LogP contribution in [0.3, 0.4) is 0 Å². The molecule has 0 aromatic heterocycles. The summed E-state index contributed by atoms with van der Waals surface area (Å²) in [5, 5.41) is 12.4. The van der Waals surface area contributed by atoms with Crippen LogP contribution in [-0.4, -0.2) is 5.91 Å². The Morgan fingerprint density at radius 1 is 1.61 bits per heavy atom. The molecule has 3 nitrogen and oxygen atoms in total. The minimum Gasteiger partial charge on any atom is -0.323 e. The van der Waals surface area contributed by atoms with Crippen molar-refractivity contribution in [2.45, 2.75) is 19.8 Å². The lowest BCUT2D eigenvalue weighted by atomic mass is 9.63. The van der Waals surface area contributed by atoms with Gasteiger partial charge in [0.25, 0.3) is 0 Å². The van der Waals surface area contributed by atoms with Crippen LogP contribution in [0.5, 0.6) is 0 Å². The van der Waals surface area contributed by atoms with E-state index in [0.29, 0.717) is 29.5 Å². The summed E-state index contributed by atoms with van der Waals surface area (Å²) in [6.45, 7) is 2.04. The van der Waals surface area contributed by atoms with Gasteiger partial charge in [-0.15, -0.1) is 0 Å². The molecule has 1 aromatic rings. The van der Waals surface area contributed by atoms with Gasteiger partial charge in [-0.25, -0.2) is 0 Å². The molecule has 18 heavy (non-hydrogen) atoms. The first-order valence-corrected chi connectivity index (χ1v) is 6.82. The largest absolute Gasteiger partial charge is 0.323 e. The van der Waals surface area contributed by atoms with Gasteiger partial charge in [0.15, 0.2) is 0 Å². The monoisotopic (exact) mass is 326 g/mol. The second-order valence-electron chi connectivity index (χ2n) is 4.79. The molecule has 0 spiro atoms. The molecule has 0 unspecified atom stereocenters. The highest BCUT2D eigenvalue weighted by molar-refractivity contribution is 9.10. The number of carbonyl (C=O) groups excluding carboxylic acids is 1. The van der Waals surface area contributed by atoms with Crippen LogP contribution in [0.1, 0.15) is 19.8 Å². The van der Waals surface area contributed by atoms with Crippen molar-refractivity contribution in [3.8, 4) is 6.07 Å². The summed E-state index contributed by atoms with van der Waals surface area (Å²) in [6, 6.07) is 7.36. The van der Waals surface area contributed by atoms with Crippen LogP contribution in [0.4, 0.5) is 5.69 Å². The first-order valence-electron chi connectivity index (χ1n) is 5.64. The second kappa shape index (κ2) is 4.91. The average Bonchev–Trinajstić information content (AvgIpc) is 2.28. The lowest BCUT2D eigenvalue weighted by Gasteiger charge is -2.39. The Bertz CT molecular complexity index is 532. The van der Waals surface area contributed by atoms with Gasteiger partial charge in [0, 0.05) is 4.47 Å². The second-order valence-corrected chi connectivity index (χ2v) is 6.11. The summed E-state index contributed by atoms with van der Waals surface area (Å²) in [4.78, 5) is 12.1. The Hall–Kier alpha value is -1.05. The minimum atomic E-state index is -0.879. The Kier molecular flexibility index (Phi) is 3.65. The maximum absolute atomic E-state index is 12.1. The zero-order chi connectivity index (χ0) is 13.3. The molecule has 0 aliphatic heterocycles. The van der Waals surface area contributed by atoms with Gasteiger partial charge in [-0.05, 0) is 37.0 Å². The zero-order valence-corrected chi connectivity index (χ0v) is 12.2. The summed E-state index contributed by atoms with van der Waals surface area (Å²) in [6.07, 6.45) is 1.23. The van der Waals surface area contributed by atoms with Crippen molar-refractivity contribution in [2.24, 2.45) is 11.3 Å². The maximum Gasteiger partial charge on any atom is 0.244 e. The van der Waals surface area contributed by atoms with Crippen LogP contribution >= 0.6 is 27.5 Å². The number of amides is 1. The third kappa shape index (κ3) is 2.38. The van der Waals surface area contributed by atoms with E-state index in [2.05, 4.69) is 27.3 Å². The van der Waals surface area contributed by atoms with Gasteiger partial charge in [-0.2, -0.15) is 5.26 Å². The van der Waals surface area contributed by atoms with E-state index in [4.69, 9.17) is 16.9 Å². The van der Waals surface area contributed by atoms with Crippen LogP contribution < -0.4 is 5.32 Å². The maximum atomic E-state index is 12.1. The highest BCUT2D eigenvalue weighted by Gasteiger charge is 2.49. The number of hydrogen-bond acceptors (Lipinski definition) is 2. The van der Waals surface area contributed by atoms with Gasteiger partial charge < -0.3 is 5.32 Å². The number of halogens is 2. The van der Waals surface area contributed by atoms with Crippen molar-refractivity contribution in [3.63, 3.8) is 0 Å². The predicted octanol–water partition coefficient (Wildman–Crippen LogP) is 3.98. The van der Waals surface area contributed by atoms with Crippen LogP contribution in [0, 0.1) is 22.7 Å². The first-order chi connectivity index (χ1) is 8.47. The third-order valence-electron chi connectivity index (χ3n) is 3.22. The molecule has 1 fully saturated rings. The van der Waals surface area contributed by atoms with E-state index in [9.17, 15) is 4.79 Å². The molecule has 0 heterocycles. The van der Waals surface area contributed by atoms with Crippen molar-refractivity contribution >= 4 is 39.1 Å². The van der Waals surface area contributed by atoms with Gasteiger partial charge in [0.05, 0.1) is 16.8 Å². The number of rotatable bonds is 2. The number of carbonyl (C=O) groups is 1. The van der Waals surface area contributed by atoms with Gasteiger partial charge in [0.2, 0.25) is 5.91 Å². The quantitative estimate of drug-likeness (QED) is 0.893. The molecule has 1 aromatic carbocycles. The molecular weight excluding hydrogens is 316 g/mol. The number of nitriles is 1. The Morgan fingerprint density at radius 3 is 2.78 bits per heavy atom. The van der Waals surface area contributed by atoms with E-state index in [-0.39, 0.29) is 5.91 Å². The van der Waals surface area contributed by atoms with E-state index in [0.717, 1.165) is 4.47 Å². The summed E-state index contributed by atoms with van der Waals surface area (Å²) < 4.78 is 0.845. The molecule has 0 saturated heterocycles. The molecule has 0 radical (unpaired) electrons. The number of anilines is 1. The van der Waals surface area contributed by atoms with Crippen molar-refractivity contribution in [1.82, 2.24) is 0 Å². The lowest BCUT2D eigenvalue weighted by molar-refractivity contribution is -0.128. The van der Waals surface area contributed by atoms with Crippen LogP contribution in [-0.2, 0) is 4.79 Å². The van der Waals surface area contributed by atoms with E-state index in [1.165, 1.54) is 0 Å². The fraction of sp³-hybridized carbons (Fsp3) is 0.385. The minimum absolute atomic E-state index is 0.257. The molecule has 94 valence electrons. The van der Waals surface area contributed by atoms with Gasteiger partial charge in [-0.3, -0.25) is 4.79 Å². The molecule has 5 heteroatoms. The normalized spacial score (nSPS) is 26.0. The van der Waals surface area contributed by atoms with E-state index < -0.39 is 5.41 Å². The molecule has 0 atom stereocenters. The van der Waals surface area contributed by atoms with Crippen molar-refractivity contribution < 1.29 is 4.79 Å². The van der Waals surface area contributed by atoms with Crippen LogP contribution in [0.2, 0.25) is 5.02 Å². The smallest absolute Gasteiger partial charge is 0.244 e. The van der Waals surface area contributed by atoms with Crippen molar-refractivity contribution in [2.75, 3.05) is 5.32 Å². The zero-order valence-electron chi connectivity index (χ0n) is 9.84. The summed E-state index contributed by atoms with van der Waals surface area (Å²) >= 11 is 9.33. The molecule has 2 rings (SSSR count). The van der Waals surface area contributed by atoms with Gasteiger partial charge in [-0.1, -0.05) is 34.5 Å². The number of benzene rings is 1. The topological polar surface area (TPSA) is 52.9 Å². The van der Waals surface area contributed by atoms with Crippen molar-refractivity contribution in [3.05, 3.63) is 27.7 Å². The summed E-state index contributed by atoms with van der Waals surface area (Å²) in [7, 11) is 0. The molecule has 1 aliphatic carbocycles.